The van der Waals surface area contributed by atoms with Crippen LogP contribution in [0.2, 0.25) is 0 Å². The fourth-order valence-electron chi connectivity index (χ4n) is 5.73. The van der Waals surface area contributed by atoms with E-state index >= 15 is 0 Å². The van der Waals surface area contributed by atoms with Crippen molar-refractivity contribution in [3.05, 3.63) is 65.2 Å². The van der Waals surface area contributed by atoms with Gasteiger partial charge in [-0.25, -0.2) is 0 Å². The molecule has 0 aliphatic carbocycles. The van der Waals surface area contributed by atoms with E-state index in [0.717, 1.165) is 41.0 Å². The number of carbonyl (C=O) groups is 3. The van der Waals surface area contributed by atoms with Crippen LogP contribution in [-0.2, 0) is 32.8 Å². The van der Waals surface area contributed by atoms with Gasteiger partial charge in [-0.2, -0.15) is 11.8 Å². The Morgan fingerprint density at radius 3 is 2.55 bits per heavy atom. The van der Waals surface area contributed by atoms with Gasteiger partial charge in [-0.3, -0.25) is 24.6 Å². The summed E-state index contributed by atoms with van der Waals surface area (Å²) in [6.07, 6.45) is 4.20. The Hall–Kier alpha value is -2.64. The molecule has 2 fully saturated rings. The number of anilines is 1. The summed E-state index contributed by atoms with van der Waals surface area (Å²) in [6, 6.07) is 15.6. The molecule has 3 aliphatic heterocycles. The third kappa shape index (κ3) is 3.40. The maximum atomic E-state index is 13.8. The van der Waals surface area contributed by atoms with Gasteiger partial charge in [-0.05, 0) is 48.5 Å². The zero-order valence-corrected chi connectivity index (χ0v) is 19.8. The molecule has 0 bridgehead atoms. The molecule has 1 spiro atoms. The van der Waals surface area contributed by atoms with Gasteiger partial charge in [0.25, 0.3) is 0 Å². The van der Waals surface area contributed by atoms with Gasteiger partial charge < -0.3 is 5.32 Å². The molecular formula is C26H29N3O3S. The molecule has 3 heterocycles. The van der Waals surface area contributed by atoms with Crippen LogP contribution in [0.1, 0.15) is 30.0 Å². The number of rotatable bonds is 7. The van der Waals surface area contributed by atoms with E-state index < -0.39 is 17.4 Å². The van der Waals surface area contributed by atoms with Crippen LogP contribution in [0.5, 0.6) is 0 Å². The number of likely N-dealkylation sites (tertiary alicyclic amines) is 1. The highest BCUT2D eigenvalue weighted by molar-refractivity contribution is 7.98. The SMILES string of the molecule is CCc1ccc2c(c1)C1(NC(CCSC)C3C(=O)N(CCc4ccccc4)C(=O)C31)C(=O)N2. The molecule has 7 heteroatoms. The predicted octanol–water partition coefficient (Wildman–Crippen LogP) is 2.97. The van der Waals surface area contributed by atoms with Crippen molar-refractivity contribution in [2.75, 3.05) is 23.9 Å². The normalized spacial score (nSPS) is 27.9. The first-order valence-corrected chi connectivity index (χ1v) is 13.0. The molecule has 4 unspecified atom stereocenters. The average molecular weight is 464 g/mol. The molecule has 4 atom stereocenters. The number of benzene rings is 2. The average Bonchev–Trinajstić information content (AvgIpc) is 3.41. The number of thioether (sulfide) groups is 1. The number of imide groups is 1. The molecule has 2 aromatic carbocycles. The first kappa shape index (κ1) is 22.2. The van der Waals surface area contributed by atoms with Gasteiger partial charge in [-0.15, -0.1) is 0 Å². The van der Waals surface area contributed by atoms with Crippen LogP contribution < -0.4 is 10.6 Å². The van der Waals surface area contributed by atoms with Crippen molar-refractivity contribution in [3.63, 3.8) is 0 Å². The van der Waals surface area contributed by atoms with Crippen molar-refractivity contribution in [1.82, 2.24) is 10.2 Å². The lowest BCUT2D eigenvalue weighted by Crippen LogP contribution is -2.53. The van der Waals surface area contributed by atoms with E-state index in [1.807, 2.05) is 54.8 Å². The van der Waals surface area contributed by atoms with Gasteiger partial charge in [0, 0.05) is 23.8 Å². The minimum Gasteiger partial charge on any atom is -0.324 e. The van der Waals surface area contributed by atoms with Crippen LogP contribution in [-0.4, -0.2) is 47.2 Å². The van der Waals surface area contributed by atoms with Crippen molar-refractivity contribution in [2.45, 2.75) is 37.8 Å². The number of hydrogen-bond acceptors (Lipinski definition) is 5. The Morgan fingerprint density at radius 1 is 1.03 bits per heavy atom. The zero-order valence-electron chi connectivity index (χ0n) is 19.0. The van der Waals surface area contributed by atoms with E-state index in [2.05, 4.69) is 17.6 Å². The van der Waals surface area contributed by atoms with E-state index in [-0.39, 0.29) is 23.8 Å². The Labute approximate surface area is 198 Å². The number of carbonyl (C=O) groups excluding carboxylic acids is 3. The second kappa shape index (κ2) is 8.61. The molecule has 3 amide bonds. The minimum absolute atomic E-state index is 0.149. The highest BCUT2D eigenvalue weighted by Crippen LogP contribution is 2.53. The first-order chi connectivity index (χ1) is 16.0. The zero-order chi connectivity index (χ0) is 23.2. The molecule has 0 aromatic heterocycles. The van der Waals surface area contributed by atoms with Crippen molar-refractivity contribution in [3.8, 4) is 0 Å². The number of aryl methyl sites for hydroxylation is 1. The monoisotopic (exact) mass is 463 g/mol. The van der Waals surface area contributed by atoms with E-state index in [1.165, 1.54) is 4.90 Å². The molecule has 2 saturated heterocycles. The summed E-state index contributed by atoms with van der Waals surface area (Å²) in [5, 5.41) is 6.51. The first-order valence-electron chi connectivity index (χ1n) is 11.6. The van der Waals surface area contributed by atoms with Crippen LogP contribution in [0, 0.1) is 11.8 Å². The number of amides is 3. The Bertz CT molecular complexity index is 1110. The maximum Gasteiger partial charge on any atom is 0.250 e. The number of fused-ring (bicyclic) bond motifs is 4. The summed E-state index contributed by atoms with van der Waals surface area (Å²) in [5.74, 6) is -0.998. The minimum atomic E-state index is -1.19. The molecule has 0 saturated carbocycles. The number of nitrogens with one attached hydrogen (secondary N) is 2. The highest BCUT2D eigenvalue weighted by Gasteiger charge is 2.70. The van der Waals surface area contributed by atoms with E-state index in [1.54, 1.807) is 11.8 Å². The Kier molecular flexibility index (Phi) is 5.79. The van der Waals surface area contributed by atoms with Gasteiger partial charge in [0.05, 0.1) is 11.8 Å². The molecule has 5 rings (SSSR count). The van der Waals surface area contributed by atoms with Crippen LogP contribution in [0.3, 0.4) is 0 Å². The number of nitrogens with zero attached hydrogens (tertiary/aromatic N) is 1. The molecule has 0 radical (unpaired) electrons. The summed E-state index contributed by atoms with van der Waals surface area (Å²) < 4.78 is 0. The summed E-state index contributed by atoms with van der Waals surface area (Å²) in [4.78, 5) is 42.3. The summed E-state index contributed by atoms with van der Waals surface area (Å²) in [6.45, 7) is 2.41. The van der Waals surface area contributed by atoms with Crippen LogP contribution in [0.15, 0.2) is 48.5 Å². The molecule has 33 heavy (non-hydrogen) atoms. The summed E-state index contributed by atoms with van der Waals surface area (Å²) in [5.41, 5.74) is 2.53. The van der Waals surface area contributed by atoms with Crippen molar-refractivity contribution >= 4 is 35.2 Å². The lowest BCUT2D eigenvalue weighted by atomic mass is 9.76. The van der Waals surface area contributed by atoms with Gasteiger partial charge in [0.1, 0.15) is 5.54 Å². The highest BCUT2D eigenvalue weighted by atomic mass is 32.2. The Balaban J connectivity index is 1.53. The van der Waals surface area contributed by atoms with Crippen molar-refractivity contribution in [1.29, 1.82) is 0 Å². The lowest BCUT2D eigenvalue weighted by Gasteiger charge is -2.29. The van der Waals surface area contributed by atoms with Crippen LogP contribution in [0.4, 0.5) is 5.69 Å². The van der Waals surface area contributed by atoms with Gasteiger partial charge in [0.2, 0.25) is 17.7 Å². The van der Waals surface area contributed by atoms with E-state index in [9.17, 15) is 14.4 Å². The topological polar surface area (TPSA) is 78.5 Å². The fraction of sp³-hybridized carbons (Fsp3) is 0.423. The summed E-state index contributed by atoms with van der Waals surface area (Å²) in [7, 11) is 0. The predicted molar refractivity (Wildman–Crippen MR) is 130 cm³/mol. The van der Waals surface area contributed by atoms with Crippen LogP contribution in [0.25, 0.3) is 0 Å². The third-order valence-corrected chi connectivity index (χ3v) is 8.02. The maximum absolute atomic E-state index is 13.8. The summed E-state index contributed by atoms with van der Waals surface area (Å²) >= 11 is 1.71. The molecule has 6 nitrogen and oxygen atoms in total. The van der Waals surface area contributed by atoms with Gasteiger partial charge in [-0.1, -0.05) is 49.4 Å². The third-order valence-electron chi connectivity index (χ3n) is 7.38. The van der Waals surface area contributed by atoms with Crippen LogP contribution >= 0.6 is 11.8 Å². The lowest BCUT2D eigenvalue weighted by molar-refractivity contribution is -0.142. The number of hydrogen-bond donors (Lipinski definition) is 2. The second-order valence-corrected chi connectivity index (χ2v) is 10.1. The molecule has 172 valence electrons. The van der Waals surface area contributed by atoms with Crippen molar-refractivity contribution < 1.29 is 14.4 Å². The molecule has 3 aliphatic rings. The smallest absolute Gasteiger partial charge is 0.250 e. The molecular weight excluding hydrogens is 434 g/mol. The fourth-order valence-corrected chi connectivity index (χ4v) is 6.22. The second-order valence-electron chi connectivity index (χ2n) is 9.10. The molecule has 2 N–H and O–H groups in total. The standard InChI is InChI=1S/C26H29N3O3S/c1-3-16-9-10-19-18(15-16)26(25(32)27-19)22-21(20(28-26)12-14-33-2)23(30)29(24(22)31)13-11-17-7-5-4-6-8-17/h4-10,15,20-22,28H,3,11-14H2,1-2H3,(H,27,32). The quantitative estimate of drug-likeness (QED) is 0.618. The van der Waals surface area contributed by atoms with E-state index in [4.69, 9.17) is 0 Å². The molecule has 2 aromatic rings. The van der Waals surface area contributed by atoms with E-state index in [0.29, 0.717) is 13.0 Å². The van der Waals surface area contributed by atoms with Gasteiger partial charge >= 0.3 is 0 Å². The van der Waals surface area contributed by atoms with Gasteiger partial charge in [0.15, 0.2) is 0 Å². The largest absolute Gasteiger partial charge is 0.324 e. The Morgan fingerprint density at radius 2 is 1.82 bits per heavy atom. The van der Waals surface area contributed by atoms with Crippen molar-refractivity contribution in [2.24, 2.45) is 11.8 Å².